The third kappa shape index (κ3) is 4.61. The van der Waals surface area contributed by atoms with Crippen LogP contribution >= 0.6 is 12.2 Å². The fourth-order valence-electron chi connectivity index (χ4n) is 1.51. The van der Waals surface area contributed by atoms with Crippen molar-refractivity contribution < 1.29 is 4.74 Å². The lowest BCUT2D eigenvalue weighted by Crippen LogP contribution is -2.36. The second-order valence-corrected chi connectivity index (χ2v) is 4.14. The number of benzene rings is 1. The highest BCUT2D eigenvalue weighted by molar-refractivity contribution is 7.80. The van der Waals surface area contributed by atoms with Crippen LogP contribution in [0.4, 0.5) is 0 Å². The molecular weight excluding hydrogens is 232 g/mol. The van der Waals surface area contributed by atoms with E-state index >= 15 is 0 Å². The van der Waals surface area contributed by atoms with Crippen molar-refractivity contribution >= 4 is 17.3 Å². The first kappa shape index (κ1) is 13.8. The number of thiocarbonyl (C=S) groups is 1. The highest BCUT2D eigenvalue weighted by Gasteiger charge is 2.06. The molecule has 0 saturated carbocycles. The van der Waals surface area contributed by atoms with Gasteiger partial charge in [-0.15, -0.1) is 0 Å². The summed E-state index contributed by atoms with van der Waals surface area (Å²) in [5.41, 5.74) is 1.19. The molecule has 0 amide bonds. The summed E-state index contributed by atoms with van der Waals surface area (Å²) in [5, 5.41) is 6.99. The van der Waals surface area contributed by atoms with Gasteiger partial charge >= 0.3 is 0 Å². The second-order valence-electron chi connectivity index (χ2n) is 3.73. The van der Waals surface area contributed by atoms with Crippen molar-refractivity contribution in [1.29, 1.82) is 0 Å². The third-order valence-corrected chi connectivity index (χ3v) is 2.64. The van der Waals surface area contributed by atoms with Crippen LogP contribution in [0.1, 0.15) is 32.4 Å². The lowest BCUT2D eigenvalue weighted by molar-refractivity contribution is 0.340. The van der Waals surface area contributed by atoms with Crippen LogP contribution in [0.25, 0.3) is 0 Å². The zero-order valence-corrected chi connectivity index (χ0v) is 11.4. The van der Waals surface area contributed by atoms with E-state index in [0.717, 1.165) is 12.3 Å². The molecule has 1 unspecified atom stereocenters. The Labute approximate surface area is 109 Å². The van der Waals surface area contributed by atoms with Gasteiger partial charge in [0.05, 0.1) is 12.6 Å². The molecule has 0 radical (unpaired) electrons. The molecule has 0 aliphatic rings. The maximum Gasteiger partial charge on any atom is 0.166 e. The van der Waals surface area contributed by atoms with Crippen LogP contribution in [0.3, 0.4) is 0 Å². The number of hydrogen-bond acceptors (Lipinski definition) is 2. The Morgan fingerprint density at radius 2 is 1.94 bits per heavy atom. The quantitative estimate of drug-likeness (QED) is 0.789. The van der Waals surface area contributed by atoms with E-state index in [1.54, 1.807) is 0 Å². The Kier molecular flexibility index (Phi) is 5.77. The molecule has 0 aliphatic heterocycles. The first-order valence-electron chi connectivity index (χ1n) is 5.94. The number of nitrogens with one attached hydrogen (secondary N) is 2. The minimum atomic E-state index is 0.192. The molecule has 2 N–H and O–H groups in total. The molecule has 3 nitrogen and oxygen atoms in total. The van der Waals surface area contributed by atoms with Gasteiger partial charge in [0.15, 0.2) is 5.11 Å². The van der Waals surface area contributed by atoms with Gasteiger partial charge in [-0.3, -0.25) is 0 Å². The lowest BCUT2D eigenvalue weighted by Gasteiger charge is -2.17. The molecule has 94 valence electrons. The average Bonchev–Trinajstić information content (AvgIpc) is 2.30. The zero-order valence-electron chi connectivity index (χ0n) is 10.6. The summed E-state index contributed by atoms with van der Waals surface area (Å²) in [6.07, 6.45) is 0. The molecule has 1 aromatic rings. The van der Waals surface area contributed by atoms with Gasteiger partial charge in [-0.2, -0.15) is 0 Å². The standard InChI is InChI=1S/C13H20N2OS/c1-4-14-13(17)15-10(3)11-6-8-12(9-7-11)16-5-2/h6-10H,4-5H2,1-3H3,(H2,14,15,17). The summed E-state index contributed by atoms with van der Waals surface area (Å²) in [4.78, 5) is 0. The van der Waals surface area contributed by atoms with Gasteiger partial charge in [-0.05, 0) is 50.7 Å². The molecule has 17 heavy (non-hydrogen) atoms. The van der Waals surface area contributed by atoms with E-state index in [-0.39, 0.29) is 6.04 Å². The van der Waals surface area contributed by atoms with Gasteiger partial charge in [-0.25, -0.2) is 0 Å². The van der Waals surface area contributed by atoms with Crippen molar-refractivity contribution in [2.24, 2.45) is 0 Å². The predicted molar refractivity (Wildman–Crippen MR) is 75.4 cm³/mol. The van der Waals surface area contributed by atoms with Gasteiger partial charge in [-0.1, -0.05) is 12.1 Å². The smallest absolute Gasteiger partial charge is 0.166 e. The van der Waals surface area contributed by atoms with Crippen LogP contribution in [-0.4, -0.2) is 18.3 Å². The fraction of sp³-hybridized carbons (Fsp3) is 0.462. The molecule has 1 rings (SSSR count). The van der Waals surface area contributed by atoms with Gasteiger partial charge in [0, 0.05) is 6.54 Å². The molecule has 0 bridgehead atoms. The van der Waals surface area contributed by atoms with E-state index in [1.807, 2.05) is 26.0 Å². The van der Waals surface area contributed by atoms with Crippen LogP contribution in [-0.2, 0) is 0 Å². The molecule has 1 atom stereocenters. The maximum atomic E-state index is 5.40. The molecule has 0 spiro atoms. The minimum absolute atomic E-state index is 0.192. The van der Waals surface area contributed by atoms with E-state index in [2.05, 4.69) is 29.7 Å². The molecule has 0 heterocycles. The lowest BCUT2D eigenvalue weighted by atomic mass is 10.1. The van der Waals surface area contributed by atoms with Crippen LogP contribution in [0.15, 0.2) is 24.3 Å². The van der Waals surface area contributed by atoms with Crippen molar-refractivity contribution in [3.8, 4) is 5.75 Å². The van der Waals surface area contributed by atoms with Crippen molar-refractivity contribution in [2.45, 2.75) is 26.8 Å². The van der Waals surface area contributed by atoms with Crippen molar-refractivity contribution in [2.75, 3.05) is 13.2 Å². The molecule has 0 fully saturated rings. The van der Waals surface area contributed by atoms with Crippen LogP contribution < -0.4 is 15.4 Å². The van der Waals surface area contributed by atoms with E-state index in [0.29, 0.717) is 11.7 Å². The summed E-state index contributed by atoms with van der Waals surface area (Å²) >= 11 is 5.15. The van der Waals surface area contributed by atoms with Crippen LogP contribution in [0.5, 0.6) is 5.75 Å². The molecule has 0 aromatic heterocycles. The molecule has 1 aromatic carbocycles. The highest BCUT2D eigenvalue weighted by Crippen LogP contribution is 2.17. The Bertz CT molecular complexity index is 351. The summed E-state index contributed by atoms with van der Waals surface area (Å²) in [6.45, 7) is 7.61. The Morgan fingerprint density at radius 1 is 1.29 bits per heavy atom. The van der Waals surface area contributed by atoms with Gasteiger partial charge < -0.3 is 15.4 Å². The number of hydrogen-bond donors (Lipinski definition) is 2. The predicted octanol–water partition coefficient (Wildman–Crippen LogP) is 2.63. The number of ether oxygens (including phenoxy) is 1. The fourth-order valence-corrected chi connectivity index (χ4v) is 1.83. The van der Waals surface area contributed by atoms with E-state index < -0.39 is 0 Å². The molecule has 4 heteroatoms. The first-order valence-corrected chi connectivity index (χ1v) is 6.35. The Hall–Kier alpha value is -1.29. The summed E-state index contributed by atoms with van der Waals surface area (Å²) < 4.78 is 5.40. The van der Waals surface area contributed by atoms with Crippen molar-refractivity contribution in [3.63, 3.8) is 0 Å². The van der Waals surface area contributed by atoms with E-state index in [4.69, 9.17) is 17.0 Å². The van der Waals surface area contributed by atoms with Gasteiger partial charge in [0.1, 0.15) is 5.75 Å². The topological polar surface area (TPSA) is 33.3 Å². The van der Waals surface area contributed by atoms with Crippen molar-refractivity contribution in [3.05, 3.63) is 29.8 Å². The second kappa shape index (κ2) is 7.12. The highest BCUT2D eigenvalue weighted by atomic mass is 32.1. The minimum Gasteiger partial charge on any atom is -0.494 e. The average molecular weight is 252 g/mol. The SMILES string of the molecule is CCNC(=S)NC(C)c1ccc(OCC)cc1. The first-order chi connectivity index (χ1) is 8.17. The normalized spacial score (nSPS) is 11.7. The van der Waals surface area contributed by atoms with Gasteiger partial charge in [0.25, 0.3) is 0 Å². The van der Waals surface area contributed by atoms with E-state index in [9.17, 15) is 0 Å². The largest absolute Gasteiger partial charge is 0.494 e. The number of rotatable bonds is 5. The molecular formula is C13H20N2OS. The zero-order chi connectivity index (χ0) is 12.7. The van der Waals surface area contributed by atoms with Crippen molar-refractivity contribution in [1.82, 2.24) is 10.6 Å². The van der Waals surface area contributed by atoms with Crippen LogP contribution in [0.2, 0.25) is 0 Å². The molecule has 0 saturated heterocycles. The molecule has 0 aliphatic carbocycles. The van der Waals surface area contributed by atoms with Gasteiger partial charge in [0.2, 0.25) is 0 Å². The van der Waals surface area contributed by atoms with E-state index in [1.165, 1.54) is 5.56 Å². The summed E-state index contributed by atoms with van der Waals surface area (Å²) in [6, 6.07) is 8.26. The Balaban J connectivity index is 2.56. The maximum absolute atomic E-state index is 5.40. The summed E-state index contributed by atoms with van der Waals surface area (Å²) in [5.74, 6) is 0.901. The third-order valence-electron chi connectivity index (χ3n) is 2.38. The van der Waals surface area contributed by atoms with Crippen LogP contribution in [0, 0.1) is 0 Å². The summed E-state index contributed by atoms with van der Waals surface area (Å²) in [7, 11) is 0. The monoisotopic (exact) mass is 252 g/mol. The Morgan fingerprint density at radius 3 is 2.47 bits per heavy atom.